The number of hydrogen-bond acceptors (Lipinski definition) is 3. The summed E-state index contributed by atoms with van der Waals surface area (Å²) in [5, 5.41) is 2.49. The Balaban J connectivity index is 1.84. The van der Waals surface area contributed by atoms with Gasteiger partial charge in [-0.15, -0.1) is 0 Å². The second-order valence-corrected chi connectivity index (χ2v) is 5.35. The number of carbonyl (C=O) groups is 2. The molecular formula is C15H17F3N2O3. The van der Waals surface area contributed by atoms with E-state index in [2.05, 4.69) is 10.1 Å². The molecule has 1 N–H and O–H groups in total. The van der Waals surface area contributed by atoms with Crippen LogP contribution in [-0.2, 0) is 16.0 Å². The second kappa shape index (κ2) is 6.89. The Labute approximate surface area is 131 Å². The lowest BCUT2D eigenvalue weighted by molar-refractivity contribution is -0.153. The van der Waals surface area contributed by atoms with Gasteiger partial charge in [0.2, 0.25) is 5.67 Å². The molecule has 5 nitrogen and oxygen atoms in total. The Hall–Kier alpha value is -2.25. The maximum Gasteiger partial charge on any atom is 0.345 e. The lowest BCUT2D eigenvalue weighted by Crippen LogP contribution is -2.43. The summed E-state index contributed by atoms with van der Waals surface area (Å²) in [5.41, 5.74) is -2.05. The van der Waals surface area contributed by atoms with Crippen molar-refractivity contribution >= 4 is 12.0 Å². The summed E-state index contributed by atoms with van der Waals surface area (Å²) in [4.78, 5) is 24.4. The van der Waals surface area contributed by atoms with Gasteiger partial charge in [0.15, 0.2) is 0 Å². The van der Waals surface area contributed by atoms with Gasteiger partial charge in [0.05, 0.1) is 13.7 Å². The van der Waals surface area contributed by atoms with E-state index in [1.54, 1.807) is 0 Å². The summed E-state index contributed by atoms with van der Waals surface area (Å²) in [6.07, 6.45) is -0.0352. The molecule has 8 heteroatoms. The van der Waals surface area contributed by atoms with Crippen molar-refractivity contribution in [2.45, 2.75) is 18.5 Å². The predicted molar refractivity (Wildman–Crippen MR) is 75.5 cm³/mol. The highest BCUT2D eigenvalue weighted by Gasteiger charge is 2.47. The maximum atomic E-state index is 14.2. The van der Waals surface area contributed by atoms with Crippen molar-refractivity contribution in [3.8, 4) is 0 Å². The van der Waals surface area contributed by atoms with Crippen LogP contribution in [-0.4, -0.2) is 49.3 Å². The number of alkyl halides is 1. The van der Waals surface area contributed by atoms with E-state index in [1.165, 1.54) is 0 Å². The van der Waals surface area contributed by atoms with Crippen LogP contribution in [0.2, 0.25) is 0 Å². The van der Waals surface area contributed by atoms with Crippen LogP contribution in [0.5, 0.6) is 0 Å². The van der Waals surface area contributed by atoms with Gasteiger partial charge in [-0.25, -0.2) is 22.8 Å². The number of ether oxygens (including phenoxy) is 1. The number of likely N-dealkylation sites (tertiary alicyclic amines) is 1. The molecular weight excluding hydrogens is 313 g/mol. The van der Waals surface area contributed by atoms with Gasteiger partial charge >= 0.3 is 12.0 Å². The van der Waals surface area contributed by atoms with Gasteiger partial charge in [0.25, 0.3) is 0 Å². The van der Waals surface area contributed by atoms with Crippen molar-refractivity contribution in [1.29, 1.82) is 0 Å². The standard InChI is InChI=1S/C15H17F3N2O3/c1-23-13(21)15(18)5-7-20(9-15)14(22)19-6-4-10-8-11(16)2-3-12(10)17/h2-3,8H,4-7,9H2,1H3,(H,19,22)/t15-/m0/s1. The van der Waals surface area contributed by atoms with Crippen LogP contribution in [0, 0.1) is 11.6 Å². The van der Waals surface area contributed by atoms with E-state index in [0.29, 0.717) is 0 Å². The number of nitrogens with zero attached hydrogens (tertiary/aromatic N) is 1. The Bertz CT molecular complexity index is 612. The second-order valence-electron chi connectivity index (χ2n) is 5.35. The first kappa shape index (κ1) is 17.1. The monoisotopic (exact) mass is 330 g/mol. The van der Waals surface area contributed by atoms with Crippen LogP contribution in [0.3, 0.4) is 0 Å². The number of rotatable bonds is 4. The molecule has 0 aliphatic carbocycles. The van der Waals surface area contributed by atoms with Crippen LogP contribution >= 0.6 is 0 Å². The fraction of sp³-hybridized carbons (Fsp3) is 0.467. The van der Waals surface area contributed by atoms with Gasteiger partial charge in [-0.3, -0.25) is 0 Å². The van der Waals surface area contributed by atoms with Crippen LogP contribution in [0.4, 0.5) is 18.0 Å². The fourth-order valence-corrected chi connectivity index (χ4v) is 2.45. The zero-order valence-corrected chi connectivity index (χ0v) is 12.6. The molecule has 1 saturated heterocycles. The normalized spacial score (nSPS) is 20.4. The van der Waals surface area contributed by atoms with Crippen molar-refractivity contribution in [1.82, 2.24) is 10.2 Å². The van der Waals surface area contributed by atoms with Gasteiger partial charge in [0, 0.05) is 19.5 Å². The van der Waals surface area contributed by atoms with Gasteiger partial charge in [-0.1, -0.05) is 0 Å². The summed E-state index contributed by atoms with van der Waals surface area (Å²) in [5.74, 6) is -2.13. The van der Waals surface area contributed by atoms with Crippen LogP contribution < -0.4 is 5.32 Å². The van der Waals surface area contributed by atoms with E-state index >= 15 is 0 Å². The molecule has 0 saturated carbocycles. The van der Waals surface area contributed by atoms with E-state index < -0.39 is 29.3 Å². The molecule has 0 spiro atoms. The molecule has 0 radical (unpaired) electrons. The van der Waals surface area contributed by atoms with Crippen LogP contribution in [0.25, 0.3) is 0 Å². The van der Waals surface area contributed by atoms with E-state index in [4.69, 9.17) is 0 Å². The third-order valence-electron chi connectivity index (χ3n) is 3.74. The Morgan fingerprint density at radius 3 is 2.83 bits per heavy atom. The van der Waals surface area contributed by atoms with Crippen molar-refractivity contribution < 1.29 is 27.5 Å². The molecule has 23 heavy (non-hydrogen) atoms. The molecule has 2 amide bonds. The molecule has 126 valence electrons. The average molecular weight is 330 g/mol. The highest BCUT2D eigenvalue weighted by Crippen LogP contribution is 2.26. The van der Waals surface area contributed by atoms with Crippen molar-refractivity contribution in [3.05, 3.63) is 35.4 Å². The highest BCUT2D eigenvalue weighted by atomic mass is 19.1. The smallest absolute Gasteiger partial charge is 0.345 e. The molecule has 0 bridgehead atoms. The molecule has 2 rings (SSSR count). The summed E-state index contributed by atoms with van der Waals surface area (Å²) < 4.78 is 45.1. The molecule has 1 heterocycles. The fourth-order valence-electron chi connectivity index (χ4n) is 2.45. The number of amides is 2. The third-order valence-corrected chi connectivity index (χ3v) is 3.74. The first-order valence-corrected chi connectivity index (χ1v) is 7.10. The minimum absolute atomic E-state index is 0.0627. The summed E-state index contributed by atoms with van der Waals surface area (Å²) in [6, 6.07) is 2.52. The quantitative estimate of drug-likeness (QED) is 0.857. The first-order valence-electron chi connectivity index (χ1n) is 7.10. The lowest BCUT2D eigenvalue weighted by Gasteiger charge is -2.19. The summed E-state index contributed by atoms with van der Waals surface area (Å²) in [6.45, 7) is -0.251. The predicted octanol–water partition coefficient (Wildman–Crippen LogP) is 1.80. The largest absolute Gasteiger partial charge is 0.467 e. The van der Waals surface area contributed by atoms with E-state index in [-0.39, 0.29) is 38.0 Å². The summed E-state index contributed by atoms with van der Waals surface area (Å²) in [7, 11) is 1.08. The minimum atomic E-state index is -2.19. The molecule has 0 aromatic heterocycles. The molecule has 1 aliphatic heterocycles. The minimum Gasteiger partial charge on any atom is -0.467 e. The number of urea groups is 1. The lowest BCUT2D eigenvalue weighted by atomic mass is 10.1. The number of esters is 1. The van der Waals surface area contributed by atoms with E-state index in [1.807, 2.05) is 0 Å². The van der Waals surface area contributed by atoms with Crippen molar-refractivity contribution in [3.63, 3.8) is 0 Å². The number of nitrogens with one attached hydrogen (secondary N) is 1. The number of carbonyl (C=O) groups excluding carboxylic acids is 2. The molecule has 1 fully saturated rings. The molecule has 1 aromatic rings. The van der Waals surface area contributed by atoms with Gasteiger partial charge in [0.1, 0.15) is 11.6 Å². The van der Waals surface area contributed by atoms with Gasteiger partial charge in [-0.05, 0) is 30.2 Å². The van der Waals surface area contributed by atoms with Crippen LogP contribution in [0.1, 0.15) is 12.0 Å². The number of benzene rings is 1. The van der Waals surface area contributed by atoms with Crippen molar-refractivity contribution in [2.75, 3.05) is 26.7 Å². The Morgan fingerprint density at radius 2 is 2.13 bits per heavy atom. The Kier molecular flexibility index (Phi) is 5.12. The van der Waals surface area contributed by atoms with E-state index in [0.717, 1.165) is 30.2 Å². The van der Waals surface area contributed by atoms with Crippen molar-refractivity contribution in [2.24, 2.45) is 0 Å². The number of methoxy groups -OCH3 is 1. The SMILES string of the molecule is COC(=O)[C@]1(F)CCN(C(=O)NCCc2cc(F)ccc2F)C1. The maximum absolute atomic E-state index is 14.2. The average Bonchev–Trinajstić information content (AvgIpc) is 2.93. The molecule has 0 unspecified atom stereocenters. The zero-order chi connectivity index (χ0) is 17.0. The van der Waals surface area contributed by atoms with Gasteiger partial charge < -0.3 is 15.0 Å². The van der Waals surface area contributed by atoms with Gasteiger partial charge in [-0.2, -0.15) is 0 Å². The van der Waals surface area contributed by atoms with Crippen LogP contribution in [0.15, 0.2) is 18.2 Å². The third kappa shape index (κ3) is 3.94. The number of halogens is 3. The number of hydrogen-bond donors (Lipinski definition) is 1. The topological polar surface area (TPSA) is 58.6 Å². The molecule has 1 atom stereocenters. The molecule has 1 aromatic carbocycles. The zero-order valence-electron chi connectivity index (χ0n) is 12.6. The van der Waals surface area contributed by atoms with E-state index in [9.17, 15) is 22.8 Å². The first-order chi connectivity index (χ1) is 10.9. The summed E-state index contributed by atoms with van der Waals surface area (Å²) >= 11 is 0. The molecule has 1 aliphatic rings. The Morgan fingerprint density at radius 1 is 1.39 bits per heavy atom. The highest BCUT2D eigenvalue weighted by molar-refractivity contribution is 5.82.